The van der Waals surface area contributed by atoms with Crippen molar-refractivity contribution in [3.8, 4) is 28.5 Å². The van der Waals surface area contributed by atoms with Crippen molar-refractivity contribution in [1.82, 2.24) is 19.5 Å². The van der Waals surface area contributed by atoms with Crippen molar-refractivity contribution in [2.75, 3.05) is 0 Å². The minimum absolute atomic E-state index is 0.538. The molecule has 4 heteroatoms. The Morgan fingerprint density at radius 3 is 2.11 bits per heavy atom. The molecule has 0 unspecified atom stereocenters. The van der Waals surface area contributed by atoms with Crippen molar-refractivity contribution in [2.45, 2.75) is 0 Å². The normalized spacial score (nSPS) is 13.2. The van der Waals surface area contributed by atoms with Crippen LogP contribution in [0, 0.1) is 0 Å². The van der Waals surface area contributed by atoms with Gasteiger partial charge in [0.05, 0.1) is 11.0 Å². The van der Waals surface area contributed by atoms with E-state index in [4.69, 9.17) is 15.0 Å². The molecule has 1 aliphatic carbocycles. The smallest absolute Gasteiger partial charge is 0.238 e. The summed E-state index contributed by atoms with van der Waals surface area (Å²) in [5.74, 6) is 1.68. The molecule has 8 rings (SSSR count). The Morgan fingerprint density at radius 2 is 1.33 bits per heavy atom. The van der Waals surface area contributed by atoms with Crippen LogP contribution in [0.5, 0.6) is 0 Å². The van der Waals surface area contributed by atoms with E-state index in [1.54, 1.807) is 12.2 Å². The van der Waals surface area contributed by atoms with Crippen LogP contribution in [-0.2, 0) is 0 Å². The van der Waals surface area contributed by atoms with E-state index in [2.05, 4.69) is 115 Å². The third kappa shape index (κ3) is 4.35. The van der Waals surface area contributed by atoms with Crippen LogP contribution >= 0.6 is 0 Å². The molecule has 2 heterocycles. The Balaban J connectivity index is 1.51. The van der Waals surface area contributed by atoms with Crippen LogP contribution in [-0.4, -0.2) is 19.5 Å². The van der Waals surface area contributed by atoms with Gasteiger partial charge in [-0.2, -0.15) is 9.97 Å². The number of allylic oxidation sites excluding steroid dienone is 4. The van der Waals surface area contributed by atoms with E-state index < -0.39 is 0 Å². The van der Waals surface area contributed by atoms with Gasteiger partial charge in [0.15, 0.2) is 11.6 Å². The zero-order chi connectivity index (χ0) is 30.3. The van der Waals surface area contributed by atoms with Crippen LogP contribution in [0.2, 0.25) is 0 Å². The van der Waals surface area contributed by atoms with Crippen LogP contribution in [0.3, 0.4) is 0 Å². The fourth-order valence-corrected chi connectivity index (χ4v) is 6.39. The molecular weight excluding hydrogens is 548 g/mol. The predicted octanol–water partition coefficient (Wildman–Crippen LogP) is 9.96. The second kappa shape index (κ2) is 10.9. The average Bonchev–Trinajstić information content (AvgIpc) is 3.60. The molecule has 0 spiro atoms. The molecular formula is C41H28N4. The second-order valence-electron chi connectivity index (χ2n) is 11.0. The first-order valence-corrected chi connectivity index (χ1v) is 15.0. The van der Waals surface area contributed by atoms with Crippen LogP contribution in [0.4, 0.5) is 0 Å². The molecule has 0 radical (unpaired) electrons. The maximum absolute atomic E-state index is 5.14. The molecule has 2 aromatic heterocycles. The van der Waals surface area contributed by atoms with E-state index in [1.807, 2.05) is 36.4 Å². The van der Waals surface area contributed by atoms with E-state index >= 15 is 0 Å². The molecule has 212 valence electrons. The first-order valence-electron chi connectivity index (χ1n) is 15.0. The highest BCUT2D eigenvalue weighted by Crippen LogP contribution is 2.50. The van der Waals surface area contributed by atoms with Crippen LogP contribution < -0.4 is 0 Å². The van der Waals surface area contributed by atoms with Crippen molar-refractivity contribution in [1.29, 1.82) is 0 Å². The summed E-state index contributed by atoms with van der Waals surface area (Å²) in [5, 5.41) is 2.28. The zero-order valence-electron chi connectivity index (χ0n) is 24.6. The molecule has 0 fully saturated rings. The first kappa shape index (κ1) is 26.5. The van der Waals surface area contributed by atoms with Crippen molar-refractivity contribution >= 4 is 39.0 Å². The third-order valence-corrected chi connectivity index (χ3v) is 8.36. The van der Waals surface area contributed by atoms with E-state index in [9.17, 15) is 0 Å². The SMILES string of the molecule is C=C/C=C(\C=C)c1nc(-c2ccccc2)nc(-n2c3ccccc3c3ccc4c(c32)/C(=C/c2ccccc2)c2ccccc2-4)n1. The Labute approximate surface area is 261 Å². The summed E-state index contributed by atoms with van der Waals surface area (Å²) < 4.78 is 2.21. The summed E-state index contributed by atoms with van der Waals surface area (Å²) >= 11 is 0. The average molecular weight is 577 g/mol. The Kier molecular flexibility index (Phi) is 6.39. The fourth-order valence-electron chi connectivity index (χ4n) is 6.39. The van der Waals surface area contributed by atoms with Crippen molar-refractivity contribution in [2.24, 2.45) is 0 Å². The standard InChI is InChI=1S/C41H28N4/c1-3-15-28(4-2)39-42-40(29-18-9-6-10-19-29)44-41(43-39)45-36-23-14-13-22-32(36)34-25-24-33-30-20-11-12-21-31(30)35(37(33)38(34)45)26-27-16-7-5-8-17-27/h3-26H,1-2H2/b28-15+,35-26+. The molecule has 4 nitrogen and oxygen atoms in total. The molecule has 0 saturated carbocycles. The monoisotopic (exact) mass is 576 g/mol. The van der Waals surface area contributed by atoms with E-state index in [1.165, 1.54) is 27.8 Å². The lowest BCUT2D eigenvalue weighted by Crippen LogP contribution is -2.08. The van der Waals surface area contributed by atoms with Crippen molar-refractivity contribution < 1.29 is 0 Å². The molecule has 0 bridgehead atoms. The first-order chi connectivity index (χ1) is 22.2. The largest absolute Gasteiger partial charge is 0.277 e. The van der Waals surface area contributed by atoms with E-state index in [0.29, 0.717) is 17.6 Å². The van der Waals surface area contributed by atoms with Gasteiger partial charge in [-0.05, 0) is 40.0 Å². The van der Waals surface area contributed by atoms with Gasteiger partial charge < -0.3 is 0 Å². The van der Waals surface area contributed by atoms with Gasteiger partial charge in [0.1, 0.15) is 0 Å². The van der Waals surface area contributed by atoms with E-state index in [-0.39, 0.29) is 0 Å². The lowest BCUT2D eigenvalue weighted by molar-refractivity contribution is 0.932. The van der Waals surface area contributed by atoms with Gasteiger partial charge in [-0.3, -0.25) is 4.57 Å². The summed E-state index contributed by atoms with van der Waals surface area (Å²) in [7, 11) is 0. The van der Waals surface area contributed by atoms with Gasteiger partial charge in [0, 0.05) is 27.5 Å². The van der Waals surface area contributed by atoms with Crippen LogP contribution in [0.1, 0.15) is 22.5 Å². The summed E-state index contributed by atoms with van der Waals surface area (Å²) in [6, 6.07) is 42.2. The molecule has 0 atom stereocenters. The Morgan fingerprint density at radius 1 is 0.622 bits per heavy atom. The summed E-state index contributed by atoms with van der Waals surface area (Å²) in [4.78, 5) is 15.2. The number of hydrogen-bond acceptors (Lipinski definition) is 3. The highest BCUT2D eigenvalue weighted by molar-refractivity contribution is 6.20. The molecule has 0 aliphatic heterocycles. The van der Waals surface area contributed by atoms with Gasteiger partial charge in [-0.1, -0.05) is 147 Å². The quantitative estimate of drug-likeness (QED) is 0.185. The molecule has 5 aromatic carbocycles. The van der Waals surface area contributed by atoms with Gasteiger partial charge in [0.2, 0.25) is 5.95 Å². The van der Waals surface area contributed by atoms with Crippen molar-refractivity contribution in [3.63, 3.8) is 0 Å². The number of rotatable bonds is 6. The lowest BCUT2D eigenvalue weighted by atomic mass is 9.98. The Bertz CT molecular complexity index is 2340. The van der Waals surface area contributed by atoms with Crippen LogP contribution in [0.25, 0.3) is 67.5 Å². The second-order valence-corrected chi connectivity index (χ2v) is 11.0. The number of para-hydroxylation sites is 1. The van der Waals surface area contributed by atoms with E-state index in [0.717, 1.165) is 38.5 Å². The molecule has 0 saturated heterocycles. The number of fused-ring (bicyclic) bond motifs is 7. The van der Waals surface area contributed by atoms with Crippen molar-refractivity contribution in [3.05, 3.63) is 175 Å². The lowest BCUT2D eigenvalue weighted by Gasteiger charge is -2.13. The number of aromatic nitrogens is 4. The van der Waals surface area contributed by atoms with Gasteiger partial charge >= 0.3 is 0 Å². The third-order valence-electron chi connectivity index (χ3n) is 8.36. The minimum Gasteiger partial charge on any atom is -0.277 e. The van der Waals surface area contributed by atoms with Gasteiger partial charge in [-0.25, -0.2) is 4.98 Å². The molecule has 0 amide bonds. The maximum Gasteiger partial charge on any atom is 0.238 e. The predicted molar refractivity (Wildman–Crippen MR) is 187 cm³/mol. The Hall–Kier alpha value is -6.13. The number of hydrogen-bond donors (Lipinski definition) is 0. The molecule has 7 aromatic rings. The highest BCUT2D eigenvalue weighted by atomic mass is 15.2. The molecule has 45 heavy (non-hydrogen) atoms. The zero-order valence-corrected chi connectivity index (χ0v) is 24.6. The summed E-state index contributed by atoms with van der Waals surface area (Å²) in [5.41, 5.74) is 10.9. The highest BCUT2D eigenvalue weighted by Gasteiger charge is 2.29. The number of benzene rings is 5. The van der Waals surface area contributed by atoms with Gasteiger partial charge in [0.25, 0.3) is 0 Å². The van der Waals surface area contributed by atoms with Crippen LogP contribution in [0.15, 0.2) is 153 Å². The fraction of sp³-hybridized carbons (Fsp3) is 0. The molecule has 0 N–H and O–H groups in total. The maximum atomic E-state index is 5.14. The summed E-state index contributed by atoms with van der Waals surface area (Å²) in [6.45, 7) is 7.94. The molecule has 1 aliphatic rings. The topological polar surface area (TPSA) is 43.6 Å². The number of nitrogens with zero attached hydrogens (tertiary/aromatic N) is 4. The minimum atomic E-state index is 0.538. The summed E-state index contributed by atoms with van der Waals surface area (Å²) in [6.07, 6.45) is 7.66. The van der Waals surface area contributed by atoms with Gasteiger partial charge in [-0.15, -0.1) is 0 Å².